The molecule has 5 rings (SSSR count). The third-order valence-electron chi connectivity index (χ3n) is 6.96. The molecule has 2 aromatic carbocycles. The van der Waals surface area contributed by atoms with Gasteiger partial charge in [-0.3, -0.25) is 0 Å². The molecule has 4 aromatic rings. The molecule has 1 aliphatic heterocycles. The number of aryl methyl sites for hydroxylation is 1. The van der Waals surface area contributed by atoms with Gasteiger partial charge in [0.15, 0.2) is 0 Å². The maximum absolute atomic E-state index is 12.9. The second-order valence-corrected chi connectivity index (χ2v) is 9.78. The summed E-state index contributed by atoms with van der Waals surface area (Å²) < 4.78 is 7.50. The minimum atomic E-state index is -0.0568. The van der Waals surface area contributed by atoms with E-state index in [1.165, 1.54) is 0 Å². The van der Waals surface area contributed by atoms with Crippen molar-refractivity contribution in [3.63, 3.8) is 0 Å². The smallest absolute Gasteiger partial charge is 0.317 e. The molecule has 9 heteroatoms. The van der Waals surface area contributed by atoms with E-state index in [-0.39, 0.29) is 12.1 Å². The molecule has 3 heterocycles. The number of imidazole rings is 1. The van der Waals surface area contributed by atoms with Crippen molar-refractivity contribution in [3.8, 4) is 28.4 Å². The molecule has 0 bridgehead atoms. The first kappa shape index (κ1) is 26.9. The van der Waals surface area contributed by atoms with E-state index >= 15 is 0 Å². The van der Waals surface area contributed by atoms with Gasteiger partial charge in [-0.1, -0.05) is 48.5 Å². The summed E-state index contributed by atoms with van der Waals surface area (Å²) in [4.78, 5) is 29.0. The highest BCUT2D eigenvalue weighted by Crippen LogP contribution is 2.34. The summed E-state index contributed by atoms with van der Waals surface area (Å²) in [5.41, 5.74) is 4.46. The summed E-state index contributed by atoms with van der Waals surface area (Å²) in [5.74, 6) is 2.14. The Bertz CT molecular complexity index is 1480. The number of nitrogens with zero attached hydrogens (tertiary/aromatic N) is 5. The van der Waals surface area contributed by atoms with Crippen LogP contribution in [0.2, 0.25) is 0 Å². The van der Waals surface area contributed by atoms with Gasteiger partial charge in [-0.05, 0) is 50.5 Å². The quantitative estimate of drug-likeness (QED) is 0.304. The molecule has 0 unspecified atom stereocenters. The summed E-state index contributed by atoms with van der Waals surface area (Å²) in [6, 6.07) is 19.7. The van der Waals surface area contributed by atoms with E-state index in [9.17, 15) is 4.79 Å². The summed E-state index contributed by atoms with van der Waals surface area (Å²) in [7, 11) is 1.66. The Morgan fingerprint density at radius 2 is 1.98 bits per heavy atom. The molecule has 0 aliphatic carbocycles. The Morgan fingerprint density at radius 3 is 2.77 bits per heavy atom. The standard InChI is InChI=1S/C31H35N7O2/c1-4-17-38-22(2)34-28(24-12-8-14-26(19-24)40-3)29(38)27-15-16-32-30(36-27)35-25-13-9-18-37(21-25)31(39)33-20-23-10-6-5-7-11-23/h4-8,10-12,14-17,19,25H,9,13,18,20-21H2,1-3H3,(H,33,39)(H,32,35,36)/b17-4-/t25-/m1/s1. The first-order valence-electron chi connectivity index (χ1n) is 13.6. The number of methoxy groups -OCH3 is 1. The second-order valence-electron chi connectivity index (χ2n) is 9.78. The lowest BCUT2D eigenvalue weighted by Crippen LogP contribution is -2.49. The zero-order chi connectivity index (χ0) is 27.9. The van der Waals surface area contributed by atoms with E-state index in [1.54, 1.807) is 13.3 Å². The molecule has 2 amide bonds. The van der Waals surface area contributed by atoms with Crippen LogP contribution in [0, 0.1) is 6.92 Å². The van der Waals surface area contributed by atoms with Crippen LogP contribution in [0.3, 0.4) is 0 Å². The predicted octanol–water partition coefficient (Wildman–Crippen LogP) is 5.60. The minimum absolute atomic E-state index is 0.0477. The highest BCUT2D eigenvalue weighted by Gasteiger charge is 2.25. The molecule has 1 fully saturated rings. The number of likely N-dealkylation sites (tertiary alicyclic amines) is 1. The van der Waals surface area contributed by atoms with Gasteiger partial charge in [0.05, 0.1) is 24.2 Å². The lowest BCUT2D eigenvalue weighted by Gasteiger charge is -2.33. The van der Waals surface area contributed by atoms with Gasteiger partial charge in [0.1, 0.15) is 11.6 Å². The third kappa shape index (κ3) is 6.14. The van der Waals surface area contributed by atoms with Crippen LogP contribution in [0.1, 0.15) is 31.2 Å². The van der Waals surface area contributed by atoms with Crippen molar-refractivity contribution < 1.29 is 9.53 Å². The predicted molar refractivity (Wildman–Crippen MR) is 158 cm³/mol. The maximum Gasteiger partial charge on any atom is 0.317 e. The third-order valence-corrected chi connectivity index (χ3v) is 6.96. The van der Waals surface area contributed by atoms with Gasteiger partial charge >= 0.3 is 6.03 Å². The molecule has 2 N–H and O–H groups in total. The normalized spacial score (nSPS) is 15.3. The van der Waals surface area contributed by atoms with Crippen molar-refractivity contribution in [2.45, 2.75) is 39.3 Å². The molecule has 206 valence electrons. The summed E-state index contributed by atoms with van der Waals surface area (Å²) in [5, 5.41) is 6.51. The van der Waals surface area contributed by atoms with E-state index < -0.39 is 0 Å². The topological polar surface area (TPSA) is 97.2 Å². The van der Waals surface area contributed by atoms with Crippen molar-refractivity contribution >= 4 is 18.2 Å². The molecule has 2 aromatic heterocycles. The van der Waals surface area contributed by atoms with Crippen molar-refractivity contribution in [2.75, 3.05) is 25.5 Å². The van der Waals surface area contributed by atoms with Crippen molar-refractivity contribution in [1.29, 1.82) is 0 Å². The van der Waals surface area contributed by atoms with Gasteiger partial charge < -0.3 is 24.8 Å². The Labute approximate surface area is 234 Å². The van der Waals surface area contributed by atoms with Gasteiger partial charge in [0, 0.05) is 43.6 Å². The number of carbonyl (C=O) groups is 1. The zero-order valence-electron chi connectivity index (χ0n) is 23.2. The van der Waals surface area contributed by atoms with Crippen LogP contribution in [0.15, 0.2) is 72.9 Å². The van der Waals surface area contributed by atoms with Crippen molar-refractivity contribution in [2.24, 2.45) is 0 Å². The maximum atomic E-state index is 12.9. The average Bonchev–Trinajstić information content (AvgIpc) is 3.32. The first-order valence-corrected chi connectivity index (χ1v) is 13.6. The number of nitrogens with one attached hydrogen (secondary N) is 2. The lowest BCUT2D eigenvalue weighted by atomic mass is 10.1. The van der Waals surface area contributed by atoms with Crippen LogP contribution >= 0.6 is 0 Å². The Hall–Kier alpha value is -4.66. The lowest BCUT2D eigenvalue weighted by molar-refractivity contribution is 0.182. The Balaban J connectivity index is 1.35. The number of hydrogen-bond donors (Lipinski definition) is 2. The van der Waals surface area contributed by atoms with E-state index in [0.717, 1.165) is 59.2 Å². The Morgan fingerprint density at radius 1 is 1.12 bits per heavy atom. The molecule has 0 spiro atoms. The molecular formula is C31H35N7O2. The first-order chi connectivity index (χ1) is 19.6. The van der Waals surface area contributed by atoms with E-state index in [4.69, 9.17) is 14.7 Å². The zero-order valence-corrected chi connectivity index (χ0v) is 23.2. The van der Waals surface area contributed by atoms with Crippen LogP contribution in [0.25, 0.3) is 28.8 Å². The fourth-order valence-corrected chi connectivity index (χ4v) is 5.00. The van der Waals surface area contributed by atoms with Crippen LogP contribution in [0.4, 0.5) is 10.7 Å². The SMILES string of the molecule is C/C=C\n1c(C)nc(-c2cccc(OC)c2)c1-c1ccnc(N[C@@H]2CCCN(C(=O)NCc3ccccc3)C2)n1. The molecule has 9 nitrogen and oxygen atoms in total. The fourth-order valence-electron chi connectivity index (χ4n) is 5.00. The molecular weight excluding hydrogens is 502 g/mol. The molecule has 0 saturated carbocycles. The summed E-state index contributed by atoms with van der Waals surface area (Å²) >= 11 is 0. The average molecular weight is 538 g/mol. The van der Waals surface area contributed by atoms with Crippen LogP contribution in [-0.2, 0) is 6.54 Å². The number of hydrogen-bond acceptors (Lipinski definition) is 6. The van der Waals surface area contributed by atoms with Crippen molar-refractivity contribution in [3.05, 3.63) is 84.3 Å². The Kier molecular flexibility index (Phi) is 8.39. The number of benzene rings is 2. The second kappa shape index (κ2) is 12.5. The number of ether oxygens (including phenoxy) is 1. The highest BCUT2D eigenvalue weighted by molar-refractivity contribution is 5.80. The van der Waals surface area contributed by atoms with Crippen molar-refractivity contribution in [1.82, 2.24) is 29.7 Å². The molecule has 40 heavy (non-hydrogen) atoms. The fraction of sp³-hybridized carbons (Fsp3) is 0.290. The van der Waals surface area contributed by atoms with Gasteiger partial charge in [0.25, 0.3) is 0 Å². The number of rotatable bonds is 8. The van der Waals surface area contributed by atoms with E-state index in [0.29, 0.717) is 19.0 Å². The van der Waals surface area contributed by atoms with Gasteiger partial charge in [-0.15, -0.1) is 0 Å². The van der Waals surface area contributed by atoms with Gasteiger partial charge in [-0.25, -0.2) is 19.7 Å². The number of anilines is 1. The number of aromatic nitrogens is 4. The monoisotopic (exact) mass is 537 g/mol. The molecule has 1 atom stereocenters. The van der Waals surface area contributed by atoms with Gasteiger partial charge in [0.2, 0.25) is 5.95 Å². The van der Waals surface area contributed by atoms with Crippen LogP contribution < -0.4 is 15.4 Å². The van der Waals surface area contributed by atoms with Crippen LogP contribution in [0.5, 0.6) is 5.75 Å². The minimum Gasteiger partial charge on any atom is -0.497 e. The van der Waals surface area contributed by atoms with E-state index in [2.05, 4.69) is 15.6 Å². The molecule has 0 radical (unpaired) electrons. The largest absolute Gasteiger partial charge is 0.497 e. The summed E-state index contributed by atoms with van der Waals surface area (Å²) in [6.45, 7) is 5.78. The molecule has 1 aliphatic rings. The summed E-state index contributed by atoms with van der Waals surface area (Å²) in [6.07, 6.45) is 7.57. The number of allylic oxidation sites excluding steroid dienone is 1. The molecule has 1 saturated heterocycles. The highest BCUT2D eigenvalue weighted by atomic mass is 16.5. The van der Waals surface area contributed by atoms with Crippen LogP contribution in [-0.4, -0.2) is 56.7 Å². The van der Waals surface area contributed by atoms with Gasteiger partial charge in [-0.2, -0.15) is 0 Å². The number of carbonyl (C=O) groups excluding carboxylic acids is 1. The number of urea groups is 1. The number of piperidine rings is 1. The van der Waals surface area contributed by atoms with E-state index in [1.807, 2.05) is 96.3 Å². The number of amides is 2.